The van der Waals surface area contributed by atoms with Crippen LogP contribution in [0.2, 0.25) is 0 Å². The summed E-state index contributed by atoms with van der Waals surface area (Å²) in [5, 5.41) is 10.0. The summed E-state index contributed by atoms with van der Waals surface area (Å²) >= 11 is 0. The van der Waals surface area contributed by atoms with Gasteiger partial charge in [0.1, 0.15) is 6.10 Å². The second kappa shape index (κ2) is 8.93. The molecule has 114 valence electrons. The van der Waals surface area contributed by atoms with Crippen LogP contribution in [0.5, 0.6) is 0 Å². The van der Waals surface area contributed by atoms with E-state index in [1.165, 1.54) is 44.9 Å². The summed E-state index contributed by atoms with van der Waals surface area (Å²) in [4.78, 5) is 0. The number of hydrogen-bond acceptors (Lipinski definition) is 3. The highest BCUT2D eigenvalue weighted by Crippen LogP contribution is 2.25. The molecular weight excluding hydrogens is 240 g/mol. The standard InChI is InChI=1S/C16H32O3/c1-4-5-6-7-8-9-10-11-12-14(17)15-13-18-16(2,3)19-15/h14-15,17H,4-13H2,1-3H3/t14-,15+/m0/s1. The molecule has 1 saturated heterocycles. The van der Waals surface area contributed by atoms with Crippen molar-refractivity contribution in [2.24, 2.45) is 0 Å². The first-order chi connectivity index (χ1) is 9.05. The van der Waals surface area contributed by atoms with E-state index < -0.39 is 5.79 Å². The fourth-order valence-corrected chi connectivity index (χ4v) is 2.58. The third kappa shape index (κ3) is 7.28. The molecule has 1 N–H and O–H groups in total. The Bertz CT molecular complexity index is 228. The molecule has 0 saturated carbocycles. The van der Waals surface area contributed by atoms with Crippen LogP contribution in [-0.4, -0.2) is 29.7 Å². The van der Waals surface area contributed by atoms with Crippen LogP contribution >= 0.6 is 0 Å². The first kappa shape index (κ1) is 16.9. The molecule has 0 spiro atoms. The molecule has 1 aliphatic rings. The van der Waals surface area contributed by atoms with Crippen LogP contribution < -0.4 is 0 Å². The molecule has 0 amide bonds. The van der Waals surface area contributed by atoms with Crippen molar-refractivity contribution < 1.29 is 14.6 Å². The van der Waals surface area contributed by atoms with Crippen LogP contribution in [0.3, 0.4) is 0 Å². The van der Waals surface area contributed by atoms with E-state index in [2.05, 4.69) is 6.92 Å². The van der Waals surface area contributed by atoms with Gasteiger partial charge in [0.25, 0.3) is 0 Å². The Labute approximate surface area is 118 Å². The molecule has 0 aromatic heterocycles. The summed E-state index contributed by atoms with van der Waals surface area (Å²) in [7, 11) is 0. The van der Waals surface area contributed by atoms with Gasteiger partial charge in [-0.25, -0.2) is 0 Å². The molecule has 1 fully saturated rings. The average molecular weight is 272 g/mol. The molecule has 19 heavy (non-hydrogen) atoms. The SMILES string of the molecule is CCCCCCCCCC[C@H](O)[C@H]1COC(C)(C)O1. The van der Waals surface area contributed by atoms with Crippen molar-refractivity contribution in [3.8, 4) is 0 Å². The van der Waals surface area contributed by atoms with Crippen molar-refractivity contribution in [2.45, 2.75) is 96.6 Å². The van der Waals surface area contributed by atoms with Gasteiger partial charge in [0.2, 0.25) is 0 Å². The van der Waals surface area contributed by atoms with E-state index >= 15 is 0 Å². The van der Waals surface area contributed by atoms with Crippen LogP contribution in [-0.2, 0) is 9.47 Å². The lowest BCUT2D eigenvalue weighted by Gasteiger charge is -2.20. The van der Waals surface area contributed by atoms with Gasteiger partial charge in [-0.15, -0.1) is 0 Å². The van der Waals surface area contributed by atoms with Gasteiger partial charge < -0.3 is 14.6 Å². The average Bonchev–Trinajstić information content (AvgIpc) is 2.73. The number of hydrogen-bond donors (Lipinski definition) is 1. The van der Waals surface area contributed by atoms with E-state index in [1.807, 2.05) is 13.8 Å². The fourth-order valence-electron chi connectivity index (χ4n) is 2.58. The van der Waals surface area contributed by atoms with Gasteiger partial charge >= 0.3 is 0 Å². The van der Waals surface area contributed by atoms with Gasteiger partial charge in [0.15, 0.2) is 5.79 Å². The summed E-state index contributed by atoms with van der Waals surface area (Å²) in [6.45, 7) is 6.56. The van der Waals surface area contributed by atoms with Crippen molar-refractivity contribution in [2.75, 3.05) is 6.61 Å². The molecule has 0 bridgehead atoms. The van der Waals surface area contributed by atoms with E-state index in [0.29, 0.717) is 6.61 Å². The first-order valence-corrected chi connectivity index (χ1v) is 8.05. The maximum absolute atomic E-state index is 10.0. The Morgan fingerprint density at radius 1 is 1.05 bits per heavy atom. The van der Waals surface area contributed by atoms with E-state index in [-0.39, 0.29) is 12.2 Å². The zero-order chi connectivity index (χ0) is 14.1. The number of rotatable bonds is 10. The summed E-state index contributed by atoms with van der Waals surface area (Å²) in [6, 6.07) is 0. The lowest BCUT2D eigenvalue weighted by Crippen LogP contribution is -2.30. The summed E-state index contributed by atoms with van der Waals surface area (Å²) in [5.74, 6) is -0.523. The van der Waals surface area contributed by atoms with Crippen molar-refractivity contribution in [3.05, 3.63) is 0 Å². The highest BCUT2D eigenvalue weighted by Gasteiger charge is 2.36. The van der Waals surface area contributed by atoms with Crippen LogP contribution in [0.15, 0.2) is 0 Å². The van der Waals surface area contributed by atoms with Gasteiger partial charge in [-0.05, 0) is 20.3 Å². The molecule has 0 radical (unpaired) electrons. The van der Waals surface area contributed by atoms with Crippen LogP contribution in [0, 0.1) is 0 Å². The van der Waals surface area contributed by atoms with Crippen LogP contribution in [0.4, 0.5) is 0 Å². The fraction of sp³-hybridized carbons (Fsp3) is 1.00. The predicted octanol–water partition coefficient (Wildman–Crippen LogP) is 4.03. The smallest absolute Gasteiger partial charge is 0.163 e. The largest absolute Gasteiger partial charge is 0.390 e. The Morgan fingerprint density at radius 3 is 2.16 bits per heavy atom. The Morgan fingerprint density at radius 2 is 1.63 bits per heavy atom. The summed E-state index contributed by atoms with van der Waals surface area (Å²) < 4.78 is 11.1. The van der Waals surface area contributed by atoms with Crippen molar-refractivity contribution >= 4 is 0 Å². The maximum Gasteiger partial charge on any atom is 0.163 e. The van der Waals surface area contributed by atoms with E-state index in [9.17, 15) is 5.11 Å². The van der Waals surface area contributed by atoms with Gasteiger partial charge in [-0.2, -0.15) is 0 Å². The van der Waals surface area contributed by atoms with E-state index in [0.717, 1.165) is 12.8 Å². The molecule has 1 rings (SSSR count). The molecule has 1 aliphatic heterocycles. The zero-order valence-corrected chi connectivity index (χ0v) is 13.0. The highest BCUT2D eigenvalue weighted by atomic mass is 16.7. The van der Waals surface area contributed by atoms with Crippen LogP contribution in [0.1, 0.15) is 78.6 Å². The Balaban J connectivity index is 1.95. The van der Waals surface area contributed by atoms with Crippen molar-refractivity contribution in [1.29, 1.82) is 0 Å². The second-order valence-electron chi connectivity index (χ2n) is 6.20. The minimum absolute atomic E-state index is 0.139. The second-order valence-corrected chi connectivity index (χ2v) is 6.20. The number of unbranched alkanes of at least 4 members (excludes halogenated alkanes) is 7. The molecule has 0 aromatic carbocycles. The molecule has 0 aromatic rings. The monoisotopic (exact) mass is 272 g/mol. The molecule has 2 atom stereocenters. The lowest BCUT2D eigenvalue weighted by molar-refractivity contribution is -0.151. The molecule has 0 unspecified atom stereocenters. The summed E-state index contributed by atoms with van der Waals surface area (Å²) in [6.07, 6.45) is 10.7. The predicted molar refractivity (Wildman–Crippen MR) is 78.1 cm³/mol. The number of aliphatic hydroxyl groups excluding tert-OH is 1. The van der Waals surface area contributed by atoms with E-state index in [1.54, 1.807) is 0 Å². The van der Waals surface area contributed by atoms with Crippen molar-refractivity contribution in [1.82, 2.24) is 0 Å². The normalized spacial score (nSPS) is 23.7. The molecule has 0 aliphatic carbocycles. The molecule has 1 heterocycles. The Hall–Kier alpha value is -0.120. The van der Waals surface area contributed by atoms with Gasteiger partial charge in [-0.1, -0.05) is 58.3 Å². The van der Waals surface area contributed by atoms with Crippen LogP contribution in [0.25, 0.3) is 0 Å². The first-order valence-electron chi connectivity index (χ1n) is 8.05. The molecule has 3 heteroatoms. The highest BCUT2D eigenvalue weighted by molar-refractivity contribution is 4.77. The maximum atomic E-state index is 10.0. The quantitative estimate of drug-likeness (QED) is 0.610. The number of aliphatic hydroxyl groups is 1. The summed E-state index contributed by atoms with van der Waals surface area (Å²) in [5.41, 5.74) is 0. The minimum Gasteiger partial charge on any atom is -0.390 e. The lowest BCUT2D eigenvalue weighted by atomic mass is 10.0. The minimum atomic E-state index is -0.523. The van der Waals surface area contributed by atoms with Gasteiger partial charge in [0, 0.05) is 0 Å². The molecular formula is C16H32O3. The molecule has 3 nitrogen and oxygen atoms in total. The van der Waals surface area contributed by atoms with Gasteiger partial charge in [-0.3, -0.25) is 0 Å². The van der Waals surface area contributed by atoms with Crippen molar-refractivity contribution in [3.63, 3.8) is 0 Å². The third-order valence-corrected chi connectivity index (χ3v) is 3.81. The van der Waals surface area contributed by atoms with E-state index in [4.69, 9.17) is 9.47 Å². The number of ether oxygens (including phenoxy) is 2. The topological polar surface area (TPSA) is 38.7 Å². The Kier molecular flexibility index (Phi) is 7.96. The van der Waals surface area contributed by atoms with Gasteiger partial charge in [0.05, 0.1) is 12.7 Å². The third-order valence-electron chi connectivity index (χ3n) is 3.81. The zero-order valence-electron chi connectivity index (χ0n) is 13.0.